The fraction of sp³-hybridized carbons (Fsp3) is 0.273. The predicted octanol–water partition coefficient (Wildman–Crippen LogP) is 3.67. The molecule has 0 aliphatic carbocycles. The van der Waals surface area contributed by atoms with Gasteiger partial charge in [0.05, 0.1) is 5.56 Å². The quantitative estimate of drug-likeness (QED) is 0.573. The Labute approximate surface area is 169 Å². The van der Waals surface area contributed by atoms with Gasteiger partial charge in [-0.05, 0) is 37.3 Å². The van der Waals surface area contributed by atoms with Crippen molar-refractivity contribution in [3.05, 3.63) is 59.7 Å². The maximum absolute atomic E-state index is 12.2. The summed E-state index contributed by atoms with van der Waals surface area (Å²) in [5.74, 6) is -1.53. The average molecular weight is 396 g/mol. The average Bonchev–Trinajstić information content (AvgIpc) is 2.65. The molecule has 2 amide bonds. The van der Waals surface area contributed by atoms with Gasteiger partial charge in [-0.15, -0.1) is 0 Å². The fourth-order valence-electron chi connectivity index (χ4n) is 2.27. The lowest BCUT2D eigenvalue weighted by atomic mass is 9.95. The fourth-order valence-corrected chi connectivity index (χ4v) is 2.27. The monoisotopic (exact) mass is 396 g/mol. The molecule has 0 heterocycles. The molecule has 0 atom stereocenters. The molecular formula is C22H24N2O5. The molecular weight excluding hydrogens is 372 g/mol. The SMILES string of the molecule is CC(=O)c1cccc(NC(=O)COC(=O)c2cccc(NC(=O)C(C)(C)C)c2)c1. The zero-order chi connectivity index (χ0) is 21.6. The van der Waals surface area contributed by atoms with Gasteiger partial charge in [-0.2, -0.15) is 0 Å². The summed E-state index contributed by atoms with van der Waals surface area (Å²) in [7, 11) is 0. The van der Waals surface area contributed by atoms with E-state index in [0.29, 0.717) is 16.9 Å². The number of ketones is 1. The van der Waals surface area contributed by atoms with Crippen LogP contribution >= 0.6 is 0 Å². The lowest BCUT2D eigenvalue weighted by Crippen LogP contribution is -2.27. The summed E-state index contributed by atoms with van der Waals surface area (Å²) in [5, 5.41) is 5.31. The molecule has 0 unspecified atom stereocenters. The number of nitrogens with one attached hydrogen (secondary N) is 2. The Morgan fingerprint density at radius 3 is 2.00 bits per heavy atom. The number of carbonyl (C=O) groups excluding carboxylic acids is 4. The molecule has 152 valence electrons. The van der Waals surface area contributed by atoms with Gasteiger partial charge in [0.25, 0.3) is 5.91 Å². The molecule has 0 saturated carbocycles. The van der Waals surface area contributed by atoms with Gasteiger partial charge in [-0.25, -0.2) is 4.79 Å². The normalized spacial score (nSPS) is 10.8. The van der Waals surface area contributed by atoms with E-state index in [2.05, 4.69) is 10.6 Å². The number of rotatable bonds is 6. The van der Waals surface area contributed by atoms with Crippen LogP contribution in [0.3, 0.4) is 0 Å². The molecule has 2 N–H and O–H groups in total. The zero-order valence-corrected chi connectivity index (χ0v) is 16.9. The van der Waals surface area contributed by atoms with Crippen molar-refractivity contribution in [3.8, 4) is 0 Å². The van der Waals surface area contributed by atoms with Crippen LogP contribution in [0.15, 0.2) is 48.5 Å². The smallest absolute Gasteiger partial charge is 0.338 e. The topological polar surface area (TPSA) is 102 Å². The van der Waals surface area contributed by atoms with Crippen LogP contribution in [0.4, 0.5) is 11.4 Å². The summed E-state index contributed by atoms with van der Waals surface area (Å²) >= 11 is 0. The lowest BCUT2D eigenvalue weighted by molar-refractivity contribution is -0.123. The summed E-state index contributed by atoms with van der Waals surface area (Å²) in [6.45, 7) is 6.30. The molecule has 2 rings (SSSR count). The molecule has 29 heavy (non-hydrogen) atoms. The van der Waals surface area contributed by atoms with E-state index < -0.39 is 23.9 Å². The Kier molecular flexibility index (Phi) is 6.88. The van der Waals surface area contributed by atoms with E-state index in [4.69, 9.17) is 4.74 Å². The molecule has 2 aromatic rings. The first kappa shape index (κ1) is 21.8. The van der Waals surface area contributed by atoms with Crippen molar-refractivity contribution in [1.29, 1.82) is 0 Å². The molecule has 0 spiro atoms. The second-order valence-electron chi connectivity index (χ2n) is 7.55. The van der Waals surface area contributed by atoms with Crippen molar-refractivity contribution in [3.63, 3.8) is 0 Å². The molecule has 0 fully saturated rings. The van der Waals surface area contributed by atoms with Gasteiger partial charge < -0.3 is 15.4 Å². The second-order valence-corrected chi connectivity index (χ2v) is 7.55. The number of anilines is 2. The van der Waals surface area contributed by atoms with E-state index in [-0.39, 0.29) is 17.3 Å². The Balaban J connectivity index is 1.94. The first-order valence-corrected chi connectivity index (χ1v) is 9.06. The number of hydrogen-bond acceptors (Lipinski definition) is 5. The van der Waals surface area contributed by atoms with E-state index >= 15 is 0 Å². The van der Waals surface area contributed by atoms with E-state index in [1.54, 1.807) is 57.2 Å². The number of amides is 2. The van der Waals surface area contributed by atoms with Crippen molar-refractivity contribution < 1.29 is 23.9 Å². The maximum Gasteiger partial charge on any atom is 0.338 e. The van der Waals surface area contributed by atoms with Gasteiger partial charge in [0.15, 0.2) is 12.4 Å². The Bertz CT molecular complexity index is 944. The number of esters is 1. The van der Waals surface area contributed by atoms with Gasteiger partial charge in [-0.3, -0.25) is 14.4 Å². The Morgan fingerprint density at radius 1 is 0.862 bits per heavy atom. The first-order chi connectivity index (χ1) is 13.6. The molecule has 7 heteroatoms. The molecule has 0 aliphatic heterocycles. The Hall–Kier alpha value is -3.48. The molecule has 7 nitrogen and oxygen atoms in total. The highest BCUT2D eigenvalue weighted by atomic mass is 16.5. The Morgan fingerprint density at radius 2 is 1.41 bits per heavy atom. The summed E-state index contributed by atoms with van der Waals surface area (Å²) in [6.07, 6.45) is 0. The van der Waals surface area contributed by atoms with Crippen LogP contribution < -0.4 is 10.6 Å². The van der Waals surface area contributed by atoms with Crippen molar-refractivity contribution in [2.45, 2.75) is 27.7 Å². The highest BCUT2D eigenvalue weighted by Gasteiger charge is 2.21. The third kappa shape index (κ3) is 6.57. The highest BCUT2D eigenvalue weighted by molar-refractivity contribution is 5.99. The maximum atomic E-state index is 12.2. The van der Waals surface area contributed by atoms with E-state index in [1.807, 2.05) is 0 Å². The van der Waals surface area contributed by atoms with Crippen molar-refractivity contribution >= 4 is 34.9 Å². The zero-order valence-electron chi connectivity index (χ0n) is 16.9. The van der Waals surface area contributed by atoms with E-state index in [9.17, 15) is 19.2 Å². The highest BCUT2D eigenvalue weighted by Crippen LogP contribution is 2.18. The number of ether oxygens (including phenoxy) is 1. The molecule has 0 radical (unpaired) electrons. The van der Waals surface area contributed by atoms with Gasteiger partial charge in [-0.1, -0.05) is 39.0 Å². The number of benzene rings is 2. The van der Waals surface area contributed by atoms with E-state index in [1.165, 1.54) is 19.1 Å². The van der Waals surface area contributed by atoms with E-state index in [0.717, 1.165) is 0 Å². The van der Waals surface area contributed by atoms with Crippen LogP contribution in [0.25, 0.3) is 0 Å². The summed E-state index contributed by atoms with van der Waals surface area (Å²) in [4.78, 5) is 47.7. The van der Waals surface area contributed by atoms with Crippen molar-refractivity contribution in [2.24, 2.45) is 5.41 Å². The first-order valence-electron chi connectivity index (χ1n) is 9.06. The molecule has 2 aromatic carbocycles. The van der Waals surface area contributed by atoms with Crippen LogP contribution in [-0.2, 0) is 14.3 Å². The minimum absolute atomic E-state index is 0.119. The predicted molar refractivity (Wildman–Crippen MR) is 110 cm³/mol. The minimum Gasteiger partial charge on any atom is -0.452 e. The third-order valence-electron chi connectivity index (χ3n) is 3.92. The molecule has 0 saturated heterocycles. The number of Topliss-reactive ketones (excluding diaryl/α,β-unsaturated/α-hetero) is 1. The third-order valence-corrected chi connectivity index (χ3v) is 3.92. The largest absolute Gasteiger partial charge is 0.452 e. The van der Waals surface area contributed by atoms with Crippen LogP contribution in [0.5, 0.6) is 0 Å². The van der Waals surface area contributed by atoms with Crippen LogP contribution in [0.2, 0.25) is 0 Å². The number of hydrogen-bond donors (Lipinski definition) is 2. The lowest BCUT2D eigenvalue weighted by Gasteiger charge is -2.17. The molecule has 0 bridgehead atoms. The van der Waals surface area contributed by atoms with Crippen LogP contribution in [-0.4, -0.2) is 30.2 Å². The van der Waals surface area contributed by atoms with Gasteiger partial charge in [0.2, 0.25) is 5.91 Å². The van der Waals surface area contributed by atoms with Crippen LogP contribution in [0, 0.1) is 5.41 Å². The minimum atomic E-state index is -0.690. The van der Waals surface area contributed by atoms with Crippen LogP contribution in [0.1, 0.15) is 48.4 Å². The van der Waals surface area contributed by atoms with Gasteiger partial charge in [0.1, 0.15) is 0 Å². The molecule has 0 aliphatic rings. The van der Waals surface area contributed by atoms with Crippen molar-refractivity contribution in [2.75, 3.05) is 17.2 Å². The van der Waals surface area contributed by atoms with Gasteiger partial charge >= 0.3 is 5.97 Å². The standard InChI is InChI=1S/C22H24N2O5/c1-14(25)15-7-5-9-17(11-15)23-19(26)13-29-20(27)16-8-6-10-18(12-16)24-21(28)22(2,3)4/h5-12H,13H2,1-4H3,(H,23,26)(H,24,28). The second kappa shape index (κ2) is 9.14. The molecule has 0 aromatic heterocycles. The number of carbonyl (C=O) groups is 4. The van der Waals surface area contributed by atoms with Crippen molar-refractivity contribution in [1.82, 2.24) is 0 Å². The summed E-state index contributed by atoms with van der Waals surface area (Å²) < 4.78 is 5.04. The summed E-state index contributed by atoms with van der Waals surface area (Å²) in [6, 6.07) is 12.8. The van der Waals surface area contributed by atoms with Gasteiger partial charge in [0, 0.05) is 22.4 Å². The summed E-state index contributed by atoms with van der Waals surface area (Å²) in [5.41, 5.74) is 1.00.